The predicted molar refractivity (Wildman–Crippen MR) is 78.0 cm³/mol. The van der Waals surface area contributed by atoms with Crippen molar-refractivity contribution in [3.63, 3.8) is 0 Å². The first kappa shape index (κ1) is 14.2. The molecule has 5 heteroatoms. The van der Waals surface area contributed by atoms with E-state index in [1.165, 1.54) is 0 Å². The molecule has 1 aliphatic rings. The molecular formula is C14H21BN2O2. The number of hydrogen-bond acceptors (Lipinski definition) is 4. The van der Waals surface area contributed by atoms with Gasteiger partial charge in [-0.15, -0.1) is 0 Å². The second-order valence-corrected chi connectivity index (χ2v) is 5.74. The molecule has 0 radical (unpaired) electrons. The molecular weight excluding hydrogens is 239 g/mol. The van der Waals surface area contributed by atoms with Gasteiger partial charge in [0.05, 0.1) is 16.9 Å². The molecule has 0 spiro atoms. The summed E-state index contributed by atoms with van der Waals surface area (Å²) in [4.78, 5) is 4.35. The van der Waals surface area contributed by atoms with Crippen molar-refractivity contribution in [2.45, 2.75) is 38.9 Å². The highest BCUT2D eigenvalue weighted by atomic mass is 16.7. The molecule has 1 saturated heterocycles. The van der Waals surface area contributed by atoms with Gasteiger partial charge in [-0.05, 0) is 39.8 Å². The van der Waals surface area contributed by atoms with Gasteiger partial charge in [0, 0.05) is 18.2 Å². The summed E-state index contributed by atoms with van der Waals surface area (Å²) in [6.07, 6.45) is 5.56. The molecule has 0 aromatic carbocycles. The smallest absolute Gasteiger partial charge is 0.399 e. The van der Waals surface area contributed by atoms with Crippen LogP contribution in [-0.4, -0.2) is 29.8 Å². The minimum atomic E-state index is -0.356. The van der Waals surface area contributed by atoms with Crippen LogP contribution in [0, 0.1) is 0 Å². The van der Waals surface area contributed by atoms with Gasteiger partial charge in [0.25, 0.3) is 0 Å². The third-order valence-electron chi connectivity index (χ3n) is 3.76. The van der Waals surface area contributed by atoms with Crippen molar-refractivity contribution < 1.29 is 9.31 Å². The third kappa shape index (κ3) is 2.89. The van der Waals surface area contributed by atoms with E-state index in [1.807, 2.05) is 52.0 Å². The SMILES string of the molecule is CC1(C)OB(c2ccc(C=CCN)nc2)OC1(C)C. The van der Waals surface area contributed by atoms with Crippen LogP contribution in [0.15, 0.2) is 24.4 Å². The maximum Gasteiger partial charge on any atom is 0.496 e. The Bertz CT molecular complexity index is 453. The van der Waals surface area contributed by atoms with E-state index < -0.39 is 0 Å². The van der Waals surface area contributed by atoms with E-state index >= 15 is 0 Å². The Kier molecular flexibility index (Phi) is 3.81. The molecule has 2 heterocycles. The standard InChI is InChI=1S/C14H21BN2O2/c1-13(2)14(3,4)19-15(18-13)11-7-8-12(17-10-11)6-5-9-16/h5-8,10H,9,16H2,1-4H3. The molecule has 2 rings (SSSR count). The largest absolute Gasteiger partial charge is 0.496 e. The number of nitrogens with two attached hydrogens (primary N) is 1. The average molecular weight is 260 g/mol. The zero-order valence-electron chi connectivity index (χ0n) is 12.0. The molecule has 0 unspecified atom stereocenters. The predicted octanol–water partition coefficient (Wildman–Crippen LogP) is 1.35. The Balaban J connectivity index is 2.14. The van der Waals surface area contributed by atoms with Gasteiger partial charge in [-0.3, -0.25) is 4.98 Å². The van der Waals surface area contributed by atoms with Crippen molar-refractivity contribution in [2.24, 2.45) is 5.73 Å². The lowest BCUT2D eigenvalue weighted by Gasteiger charge is -2.32. The molecule has 1 aromatic heterocycles. The van der Waals surface area contributed by atoms with Crippen LogP contribution in [0.5, 0.6) is 0 Å². The molecule has 1 aromatic rings. The number of nitrogens with zero attached hydrogens (tertiary/aromatic N) is 1. The first-order valence-electron chi connectivity index (χ1n) is 6.54. The van der Waals surface area contributed by atoms with E-state index in [0.717, 1.165) is 11.2 Å². The van der Waals surface area contributed by atoms with Crippen molar-refractivity contribution in [3.8, 4) is 0 Å². The summed E-state index contributed by atoms with van der Waals surface area (Å²) >= 11 is 0. The molecule has 102 valence electrons. The van der Waals surface area contributed by atoms with Crippen molar-refractivity contribution in [1.82, 2.24) is 4.98 Å². The lowest BCUT2D eigenvalue weighted by atomic mass is 9.80. The lowest BCUT2D eigenvalue weighted by Crippen LogP contribution is -2.41. The first-order chi connectivity index (χ1) is 8.86. The van der Waals surface area contributed by atoms with Crippen LogP contribution in [-0.2, 0) is 9.31 Å². The fourth-order valence-electron chi connectivity index (χ4n) is 1.82. The Morgan fingerprint density at radius 2 is 1.84 bits per heavy atom. The van der Waals surface area contributed by atoms with Crippen LogP contribution in [0.25, 0.3) is 6.08 Å². The molecule has 4 nitrogen and oxygen atoms in total. The van der Waals surface area contributed by atoms with Crippen LogP contribution < -0.4 is 11.2 Å². The summed E-state index contributed by atoms with van der Waals surface area (Å²) in [5, 5.41) is 0. The quantitative estimate of drug-likeness (QED) is 0.833. The monoisotopic (exact) mass is 260 g/mol. The van der Waals surface area contributed by atoms with Crippen LogP contribution in [0.2, 0.25) is 0 Å². The third-order valence-corrected chi connectivity index (χ3v) is 3.76. The van der Waals surface area contributed by atoms with Crippen molar-refractivity contribution in [3.05, 3.63) is 30.1 Å². The van der Waals surface area contributed by atoms with Gasteiger partial charge in [-0.2, -0.15) is 0 Å². The normalized spacial score (nSPS) is 21.2. The van der Waals surface area contributed by atoms with E-state index in [9.17, 15) is 0 Å². The van der Waals surface area contributed by atoms with E-state index in [4.69, 9.17) is 15.0 Å². The van der Waals surface area contributed by atoms with Crippen LogP contribution in [0.4, 0.5) is 0 Å². The van der Waals surface area contributed by atoms with Crippen LogP contribution in [0.3, 0.4) is 0 Å². The zero-order chi connectivity index (χ0) is 14.1. The summed E-state index contributed by atoms with van der Waals surface area (Å²) < 4.78 is 11.9. The highest BCUT2D eigenvalue weighted by molar-refractivity contribution is 6.62. The molecule has 0 amide bonds. The number of hydrogen-bond donors (Lipinski definition) is 1. The van der Waals surface area contributed by atoms with Gasteiger partial charge in [-0.1, -0.05) is 12.1 Å². The van der Waals surface area contributed by atoms with E-state index in [1.54, 1.807) is 6.20 Å². The van der Waals surface area contributed by atoms with Crippen molar-refractivity contribution in [2.75, 3.05) is 6.54 Å². The van der Waals surface area contributed by atoms with Gasteiger partial charge >= 0.3 is 7.12 Å². The minimum Gasteiger partial charge on any atom is -0.399 e. The number of pyridine rings is 1. The van der Waals surface area contributed by atoms with E-state index in [0.29, 0.717) is 6.54 Å². The van der Waals surface area contributed by atoms with Gasteiger partial charge < -0.3 is 15.0 Å². The molecule has 2 N–H and O–H groups in total. The Hall–Kier alpha value is -1.17. The topological polar surface area (TPSA) is 57.4 Å². The van der Waals surface area contributed by atoms with Gasteiger partial charge in [0.2, 0.25) is 0 Å². The average Bonchev–Trinajstić information content (AvgIpc) is 2.56. The molecule has 1 aliphatic heterocycles. The number of aromatic nitrogens is 1. The molecule has 1 fully saturated rings. The Morgan fingerprint density at radius 1 is 1.21 bits per heavy atom. The van der Waals surface area contributed by atoms with Crippen LogP contribution in [0.1, 0.15) is 33.4 Å². The second kappa shape index (κ2) is 5.08. The lowest BCUT2D eigenvalue weighted by molar-refractivity contribution is 0.00578. The van der Waals surface area contributed by atoms with Gasteiger partial charge in [0.1, 0.15) is 0 Å². The minimum absolute atomic E-state index is 0.324. The van der Waals surface area contributed by atoms with E-state index in [-0.39, 0.29) is 18.3 Å². The van der Waals surface area contributed by atoms with Crippen molar-refractivity contribution in [1.29, 1.82) is 0 Å². The maximum atomic E-state index is 5.97. The highest BCUT2D eigenvalue weighted by Gasteiger charge is 2.51. The van der Waals surface area contributed by atoms with Gasteiger partial charge in [0.15, 0.2) is 0 Å². The Morgan fingerprint density at radius 3 is 2.32 bits per heavy atom. The second-order valence-electron chi connectivity index (χ2n) is 5.74. The molecule has 0 atom stereocenters. The Labute approximate surface area is 115 Å². The highest BCUT2D eigenvalue weighted by Crippen LogP contribution is 2.36. The molecule has 19 heavy (non-hydrogen) atoms. The fraction of sp³-hybridized carbons (Fsp3) is 0.500. The zero-order valence-corrected chi connectivity index (χ0v) is 12.0. The summed E-state index contributed by atoms with van der Waals surface area (Å²) in [6.45, 7) is 8.68. The summed E-state index contributed by atoms with van der Waals surface area (Å²) in [6, 6.07) is 3.91. The first-order valence-corrected chi connectivity index (χ1v) is 6.54. The van der Waals surface area contributed by atoms with Crippen LogP contribution >= 0.6 is 0 Å². The fourth-order valence-corrected chi connectivity index (χ4v) is 1.82. The van der Waals surface area contributed by atoms with E-state index in [2.05, 4.69) is 4.98 Å². The molecule has 0 bridgehead atoms. The number of rotatable bonds is 3. The molecule has 0 aliphatic carbocycles. The summed E-state index contributed by atoms with van der Waals surface area (Å²) in [7, 11) is -0.356. The van der Waals surface area contributed by atoms with Gasteiger partial charge in [-0.25, -0.2) is 0 Å². The summed E-state index contributed by atoms with van der Waals surface area (Å²) in [5.74, 6) is 0. The van der Waals surface area contributed by atoms with Crippen molar-refractivity contribution >= 4 is 18.7 Å². The molecule has 0 saturated carbocycles. The maximum absolute atomic E-state index is 5.97. The summed E-state index contributed by atoms with van der Waals surface area (Å²) in [5.41, 5.74) is 6.58.